The topological polar surface area (TPSA) is 66.6 Å². The SMILES string of the molecule is CCOc1ccc2[nH]cc(NC=O)c2c1.COC1CC(C)C1.FC(F)(F)CN1CC2CCCC2C1. The lowest BCUT2D eigenvalue weighted by atomic mass is 9.84. The van der Waals surface area contributed by atoms with E-state index in [1.54, 1.807) is 18.2 Å². The maximum atomic E-state index is 12.0. The summed E-state index contributed by atoms with van der Waals surface area (Å²) in [4.78, 5) is 15.0. The van der Waals surface area contributed by atoms with Crippen LogP contribution >= 0.6 is 0 Å². The molecule has 2 heterocycles. The van der Waals surface area contributed by atoms with E-state index in [1.165, 1.54) is 19.3 Å². The molecule has 2 unspecified atom stereocenters. The number of anilines is 1. The number of halogens is 3. The van der Waals surface area contributed by atoms with Gasteiger partial charge >= 0.3 is 6.18 Å². The lowest BCUT2D eigenvalue weighted by molar-refractivity contribution is -0.144. The molecule has 3 fully saturated rings. The summed E-state index contributed by atoms with van der Waals surface area (Å²) in [5, 5.41) is 3.58. The van der Waals surface area contributed by atoms with E-state index in [9.17, 15) is 18.0 Å². The molecule has 2 N–H and O–H groups in total. The number of alkyl halides is 3. The minimum atomic E-state index is -4.02. The van der Waals surface area contributed by atoms with Gasteiger partial charge in [-0.25, -0.2) is 0 Å². The molecule has 1 saturated heterocycles. The van der Waals surface area contributed by atoms with Crippen LogP contribution in [0.4, 0.5) is 18.9 Å². The second kappa shape index (κ2) is 12.6. The highest BCUT2D eigenvalue weighted by Crippen LogP contribution is 2.38. The average Bonchev–Trinajstić information content (AvgIpc) is 3.47. The van der Waals surface area contributed by atoms with E-state index in [2.05, 4.69) is 17.2 Å². The number of aromatic amines is 1. The van der Waals surface area contributed by atoms with E-state index in [4.69, 9.17) is 9.47 Å². The van der Waals surface area contributed by atoms with Crippen molar-refractivity contribution in [2.45, 2.75) is 58.2 Å². The molecule has 2 aromatic rings. The van der Waals surface area contributed by atoms with Crippen LogP contribution in [-0.4, -0.2) is 61.9 Å². The minimum Gasteiger partial charge on any atom is -0.494 e. The van der Waals surface area contributed by atoms with Crippen LogP contribution in [0.1, 0.15) is 46.0 Å². The molecule has 0 spiro atoms. The Bertz CT molecular complexity index is 915. The van der Waals surface area contributed by atoms with Crippen molar-refractivity contribution in [2.75, 3.05) is 38.7 Å². The van der Waals surface area contributed by atoms with Gasteiger partial charge in [0.05, 0.1) is 24.9 Å². The van der Waals surface area contributed by atoms with Gasteiger partial charge in [-0.2, -0.15) is 13.2 Å². The number of nitrogens with zero attached hydrogens (tertiary/aromatic N) is 1. The third-order valence-corrected chi connectivity index (χ3v) is 7.05. The fourth-order valence-electron chi connectivity index (χ4n) is 5.27. The largest absolute Gasteiger partial charge is 0.494 e. The van der Waals surface area contributed by atoms with Gasteiger partial charge in [0.25, 0.3) is 0 Å². The van der Waals surface area contributed by atoms with E-state index in [-0.39, 0.29) is 0 Å². The van der Waals surface area contributed by atoms with Crippen molar-refractivity contribution >= 4 is 23.0 Å². The molecular weight excluding hydrogens is 459 g/mol. The van der Waals surface area contributed by atoms with E-state index in [0.717, 1.165) is 41.1 Å². The number of hydrogen-bond acceptors (Lipinski definition) is 4. The van der Waals surface area contributed by atoms with Crippen LogP contribution in [0, 0.1) is 17.8 Å². The summed E-state index contributed by atoms with van der Waals surface area (Å²) in [6.07, 6.45) is 5.04. The number of benzene rings is 1. The van der Waals surface area contributed by atoms with Gasteiger partial charge in [0.2, 0.25) is 6.41 Å². The second-order valence-corrected chi connectivity index (χ2v) is 9.80. The van der Waals surface area contributed by atoms with Gasteiger partial charge < -0.3 is 19.8 Å². The molecule has 0 radical (unpaired) electrons. The fourth-order valence-corrected chi connectivity index (χ4v) is 5.27. The van der Waals surface area contributed by atoms with Crippen LogP contribution in [0.15, 0.2) is 24.4 Å². The standard InChI is InChI=1S/C11H12N2O2.C9H14F3N.C6H12O/c1-2-15-8-3-4-10-9(5-8)11(6-12-10)13-7-14;10-9(11,12)6-13-4-7-2-1-3-8(7)5-13;1-5-3-6(4-5)7-2/h3-7,12H,2H2,1H3,(H,13,14);7-8H,1-6H2;5-6H,3-4H2,1-2H3. The van der Waals surface area contributed by atoms with Crippen LogP contribution in [0.5, 0.6) is 5.75 Å². The Morgan fingerprint density at radius 1 is 1.20 bits per heavy atom. The van der Waals surface area contributed by atoms with Crippen LogP contribution in [-0.2, 0) is 9.53 Å². The third-order valence-electron chi connectivity index (χ3n) is 7.05. The number of nitrogens with one attached hydrogen (secondary N) is 2. The zero-order valence-corrected chi connectivity index (χ0v) is 20.9. The molecular formula is C26H38F3N3O3. The number of ether oxygens (including phenoxy) is 2. The molecule has 5 rings (SSSR count). The summed E-state index contributed by atoms with van der Waals surface area (Å²) >= 11 is 0. The number of carbonyl (C=O) groups excluding carboxylic acids is 1. The quantitative estimate of drug-likeness (QED) is 0.492. The van der Waals surface area contributed by atoms with Crippen molar-refractivity contribution in [1.29, 1.82) is 0 Å². The number of methoxy groups -OCH3 is 1. The van der Waals surface area contributed by atoms with Crippen molar-refractivity contribution in [3.05, 3.63) is 24.4 Å². The van der Waals surface area contributed by atoms with Gasteiger partial charge in [0.15, 0.2) is 0 Å². The van der Waals surface area contributed by atoms with Gasteiger partial charge in [-0.15, -0.1) is 0 Å². The summed E-state index contributed by atoms with van der Waals surface area (Å²) < 4.78 is 46.6. The molecule has 2 saturated carbocycles. The van der Waals surface area contributed by atoms with Crippen molar-refractivity contribution in [3.63, 3.8) is 0 Å². The Balaban J connectivity index is 0.000000156. The molecule has 1 aliphatic heterocycles. The lowest BCUT2D eigenvalue weighted by Crippen LogP contribution is -2.33. The highest BCUT2D eigenvalue weighted by atomic mass is 19.4. The highest BCUT2D eigenvalue weighted by Gasteiger charge is 2.40. The highest BCUT2D eigenvalue weighted by molar-refractivity contribution is 5.97. The number of aromatic nitrogens is 1. The third kappa shape index (κ3) is 8.14. The first-order valence-electron chi connectivity index (χ1n) is 12.5. The zero-order chi connectivity index (χ0) is 25.4. The molecule has 3 aliphatic rings. The Kier molecular flexibility index (Phi) is 9.86. The predicted molar refractivity (Wildman–Crippen MR) is 132 cm³/mol. The van der Waals surface area contributed by atoms with Crippen molar-refractivity contribution < 1.29 is 27.4 Å². The fraction of sp³-hybridized carbons (Fsp3) is 0.654. The monoisotopic (exact) mass is 497 g/mol. The number of amides is 1. The van der Waals surface area contributed by atoms with Crippen LogP contribution in [0.2, 0.25) is 0 Å². The van der Waals surface area contributed by atoms with Crippen LogP contribution < -0.4 is 10.1 Å². The van der Waals surface area contributed by atoms with Crippen molar-refractivity contribution in [2.24, 2.45) is 17.8 Å². The van der Waals surface area contributed by atoms with E-state index >= 15 is 0 Å². The predicted octanol–water partition coefficient (Wildman–Crippen LogP) is 5.85. The number of likely N-dealkylation sites (tertiary alicyclic amines) is 1. The number of fused-ring (bicyclic) bond motifs is 2. The first-order chi connectivity index (χ1) is 16.7. The molecule has 2 atom stereocenters. The molecule has 6 nitrogen and oxygen atoms in total. The summed E-state index contributed by atoms with van der Waals surface area (Å²) in [6, 6.07) is 5.73. The first kappa shape index (κ1) is 27.3. The molecule has 196 valence electrons. The Hall–Kier alpha value is -2.26. The summed E-state index contributed by atoms with van der Waals surface area (Å²) in [6.45, 7) is 5.46. The smallest absolute Gasteiger partial charge is 0.401 e. The normalized spacial score (nSPS) is 25.5. The molecule has 1 amide bonds. The molecule has 35 heavy (non-hydrogen) atoms. The Morgan fingerprint density at radius 3 is 2.40 bits per heavy atom. The van der Waals surface area contributed by atoms with Crippen molar-refractivity contribution in [3.8, 4) is 5.75 Å². The number of H-pyrrole nitrogens is 1. The van der Waals surface area contributed by atoms with Crippen LogP contribution in [0.3, 0.4) is 0 Å². The minimum absolute atomic E-state index is 0.558. The zero-order valence-electron chi connectivity index (χ0n) is 20.9. The molecule has 0 bridgehead atoms. The number of hydrogen-bond donors (Lipinski definition) is 2. The van der Waals surface area contributed by atoms with E-state index < -0.39 is 12.7 Å². The van der Waals surface area contributed by atoms with Gasteiger partial charge in [-0.1, -0.05) is 13.3 Å². The molecule has 9 heteroatoms. The van der Waals surface area contributed by atoms with Gasteiger partial charge in [0.1, 0.15) is 5.75 Å². The van der Waals surface area contributed by atoms with E-state index in [1.807, 2.05) is 25.1 Å². The molecule has 2 aliphatic carbocycles. The van der Waals surface area contributed by atoms with Crippen LogP contribution in [0.25, 0.3) is 10.9 Å². The van der Waals surface area contributed by atoms with Gasteiger partial charge in [-0.05, 0) is 68.6 Å². The average molecular weight is 498 g/mol. The molecule has 1 aromatic heterocycles. The Morgan fingerprint density at radius 2 is 1.89 bits per heavy atom. The second-order valence-electron chi connectivity index (χ2n) is 9.80. The summed E-state index contributed by atoms with van der Waals surface area (Å²) in [5.74, 6) is 2.84. The maximum absolute atomic E-state index is 12.0. The molecule has 1 aromatic carbocycles. The number of rotatable bonds is 6. The maximum Gasteiger partial charge on any atom is 0.401 e. The van der Waals surface area contributed by atoms with Crippen molar-refractivity contribution in [1.82, 2.24) is 9.88 Å². The summed E-state index contributed by atoms with van der Waals surface area (Å²) in [5.41, 5.74) is 1.74. The number of carbonyl (C=O) groups is 1. The van der Waals surface area contributed by atoms with Gasteiger partial charge in [0, 0.05) is 37.3 Å². The lowest BCUT2D eigenvalue weighted by Gasteiger charge is -2.30. The van der Waals surface area contributed by atoms with Gasteiger partial charge in [-0.3, -0.25) is 9.69 Å². The Labute approximate surface area is 205 Å². The first-order valence-corrected chi connectivity index (χ1v) is 12.5. The van der Waals surface area contributed by atoms with E-state index in [0.29, 0.717) is 44.0 Å². The summed E-state index contributed by atoms with van der Waals surface area (Å²) in [7, 11) is 1.79.